The minimum atomic E-state index is -1.63. The molecule has 1 aromatic heterocycles. The van der Waals surface area contributed by atoms with E-state index in [1.807, 2.05) is 0 Å². The quantitative estimate of drug-likeness (QED) is 0.344. The molecule has 0 atom stereocenters. The van der Waals surface area contributed by atoms with Crippen molar-refractivity contribution < 1.29 is 27.1 Å². The van der Waals surface area contributed by atoms with Gasteiger partial charge in [-0.3, -0.25) is 9.59 Å². The maximum atomic E-state index is 13.9. The van der Waals surface area contributed by atoms with E-state index in [2.05, 4.69) is 10.3 Å². The van der Waals surface area contributed by atoms with E-state index in [9.17, 15) is 27.2 Å². The first-order chi connectivity index (χ1) is 14.7. The molecule has 1 N–H and O–H groups in total. The number of benzene rings is 2. The fourth-order valence-corrected chi connectivity index (χ4v) is 2.91. The molecule has 0 saturated heterocycles. The number of aromatic nitrogens is 2. The van der Waals surface area contributed by atoms with Crippen LogP contribution in [0.15, 0.2) is 35.3 Å². The van der Waals surface area contributed by atoms with E-state index < -0.39 is 28.8 Å². The van der Waals surface area contributed by atoms with Crippen LogP contribution < -0.4 is 15.6 Å². The van der Waals surface area contributed by atoms with Crippen molar-refractivity contribution in [3.05, 3.63) is 80.8 Å². The molecule has 31 heavy (non-hydrogen) atoms. The Bertz CT molecular complexity index is 1190. The number of hydrogen-bond donors (Lipinski definition) is 1. The molecule has 10 heteroatoms. The van der Waals surface area contributed by atoms with E-state index in [-0.39, 0.29) is 23.6 Å². The van der Waals surface area contributed by atoms with E-state index in [1.54, 1.807) is 19.9 Å². The van der Waals surface area contributed by atoms with Crippen LogP contribution in [0.3, 0.4) is 0 Å². The van der Waals surface area contributed by atoms with Crippen molar-refractivity contribution in [1.82, 2.24) is 9.55 Å². The van der Waals surface area contributed by atoms with Crippen LogP contribution in [-0.2, 0) is 6.54 Å². The highest BCUT2D eigenvalue weighted by atomic mass is 19.2. The van der Waals surface area contributed by atoms with Gasteiger partial charge < -0.3 is 14.6 Å². The zero-order chi connectivity index (χ0) is 22.7. The van der Waals surface area contributed by atoms with Crippen LogP contribution in [0.4, 0.5) is 29.2 Å². The number of rotatable bonds is 7. The molecular weight excluding hydrogens is 418 g/mol. The van der Waals surface area contributed by atoms with Gasteiger partial charge in [-0.2, -0.15) is 9.37 Å². The smallest absolute Gasteiger partial charge is 0.310 e. The Kier molecular flexibility index (Phi) is 6.38. The van der Waals surface area contributed by atoms with E-state index in [0.717, 1.165) is 22.9 Å². The Labute approximate surface area is 174 Å². The molecule has 162 valence electrons. The minimum absolute atomic E-state index is 0.0266. The zero-order valence-electron chi connectivity index (χ0n) is 16.5. The molecule has 0 radical (unpaired) electrons. The second-order valence-electron chi connectivity index (χ2n) is 6.60. The maximum Gasteiger partial charge on any atom is 0.310 e. The maximum absolute atomic E-state index is 13.9. The lowest BCUT2D eigenvalue weighted by Gasteiger charge is -2.17. The number of hydrogen-bond acceptors (Lipinski definition) is 5. The van der Waals surface area contributed by atoms with Crippen LogP contribution in [0.5, 0.6) is 5.75 Å². The van der Waals surface area contributed by atoms with Gasteiger partial charge >= 0.3 is 5.56 Å². The molecule has 0 fully saturated rings. The van der Waals surface area contributed by atoms with Gasteiger partial charge in [0, 0.05) is 11.9 Å². The molecule has 3 aromatic rings. The predicted molar refractivity (Wildman–Crippen MR) is 105 cm³/mol. The van der Waals surface area contributed by atoms with Crippen LogP contribution in [0.1, 0.15) is 28.4 Å². The highest BCUT2D eigenvalue weighted by molar-refractivity contribution is 5.83. The van der Waals surface area contributed by atoms with Crippen molar-refractivity contribution in [2.45, 2.75) is 20.4 Å². The normalized spacial score (nSPS) is 10.8. The number of carbonyl (C=O) groups excluding carboxylic acids is 1. The summed E-state index contributed by atoms with van der Waals surface area (Å²) in [4.78, 5) is 26.8. The summed E-state index contributed by atoms with van der Waals surface area (Å²) in [7, 11) is 0. The first-order valence-corrected chi connectivity index (χ1v) is 9.13. The average Bonchev–Trinajstić information content (AvgIpc) is 2.71. The van der Waals surface area contributed by atoms with Gasteiger partial charge in [-0.1, -0.05) is 0 Å². The fraction of sp³-hybridized carbons (Fsp3) is 0.190. The Morgan fingerprint density at radius 2 is 1.77 bits per heavy atom. The van der Waals surface area contributed by atoms with Crippen LogP contribution in [0, 0.1) is 30.2 Å². The number of ether oxygens (including phenoxy) is 1. The lowest BCUT2D eigenvalue weighted by Crippen LogP contribution is -2.20. The highest BCUT2D eigenvalue weighted by Crippen LogP contribution is 2.28. The lowest BCUT2D eigenvalue weighted by atomic mass is 10.1. The third kappa shape index (κ3) is 4.73. The van der Waals surface area contributed by atoms with Crippen molar-refractivity contribution in [3.63, 3.8) is 0 Å². The van der Waals surface area contributed by atoms with Gasteiger partial charge in [0.25, 0.3) is 0 Å². The van der Waals surface area contributed by atoms with Crippen molar-refractivity contribution in [1.29, 1.82) is 0 Å². The van der Waals surface area contributed by atoms with Gasteiger partial charge in [-0.05, 0) is 49.2 Å². The minimum Gasteiger partial charge on any atom is -0.493 e. The number of aryl methyl sites for hydroxylation is 1. The molecule has 0 aliphatic rings. The van der Waals surface area contributed by atoms with Gasteiger partial charge in [-0.15, -0.1) is 0 Å². The molecular formula is C21H17F4N3O3. The molecule has 6 nitrogen and oxygen atoms in total. The van der Waals surface area contributed by atoms with E-state index in [0.29, 0.717) is 29.9 Å². The second kappa shape index (κ2) is 8.99. The summed E-state index contributed by atoms with van der Waals surface area (Å²) in [6.45, 7) is 3.49. The summed E-state index contributed by atoms with van der Waals surface area (Å²) >= 11 is 0. The van der Waals surface area contributed by atoms with Gasteiger partial charge in [0.05, 0.1) is 18.7 Å². The third-order valence-electron chi connectivity index (χ3n) is 4.38. The van der Waals surface area contributed by atoms with Crippen LogP contribution in [0.25, 0.3) is 0 Å². The van der Waals surface area contributed by atoms with Crippen molar-refractivity contribution in [3.8, 4) is 5.75 Å². The largest absolute Gasteiger partial charge is 0.493 e. The monoisotopic (exact) mass is 435 g/mol. The van der Waals surface area contributed by atoms with Crippen LogP contribution in [0.2, 0.25) is 0 Å². The number of nitrogens with zero attached hydrogens (tertiary/aromatic N) is 2. The Balaban J connectivity index is 2.04. The number of anilines is 2. The molecule has 1 heterocycles. The van der Waals surface area contributed by atoms with Gasteiger partial charge in [-0.25, -0.2) is 13.2 Å². The first kappa shape index (κ1) is 22.0. The fourth-order valence-electron chi connectivity index (χ4n) is 2.91. The molecule has 0 bridgehead atoms. The number of halogens is 4. The lowest BCUT2D eigenvalue weighted by molar-refractivity contribution is 0.112. The number of aldehydes is 1. The van der Waals surface area contributed by atoms with E-state index >= 15 is 0 Å². The summed E-state index contributed by atoms with van der Waals surface area (Å²) in [6.07, 6.45) is 1.40. The first-order valence-electron chi connectivity index (χ1n) is 9.13. The molecule has 0 amide bonds. The summed E-state index contributed by atoms with van der Waals surface area (Å²) in [5, 5.41) is 2.82. The Morgan fingerprint density at radius 1 is 1.10 bits per heavy atom. The second-order valence-corrected chi connectivity index (χ2v) is 6.60. The molecule has 2 aromatic carbocycles. The highest BCUT2D eigenvalue weighted by Gasteiger charge is 2.15. The zero-order valence-corrected chi connectivity index (χ0v) is 16.5. The topological polar surface area (TPSA) is 73.2 Å². The standard InChI is InChI=1S/C21H17F4N3O3/c1-3-31-18-4-11(2)17(7-13(18)10-29)26-21-27-20(30)16(24)9-28(21)8-12-5-14(22)19(25)15(23)6-12/h4-7,9-10H,3,8H2,1-2H3,(H,26,27,30). The van der Waals surface area contributed by atoms with Crippen molar-refractivity contribution in [2.75, 3.05) is 11.9 Å². The molecule has 0 unspecified atom stereocenters. The van der Waals surface area contributed by atoms with Crippen molar-refractivity contribution in [2.24, 2.45) is 0 Å². The Hall–Kier alpha value is -3.69. The summed E-state index contributed by atoms with van der Waals surface area (Å²) < 4.78 is 60.7. The molecule has 3 rings (SSSR count). The van der Waals surface area contributed by atoms with Gasteiger partial charge in [0.1, 0.15) is 5.75 Å². The molecule has 0 aliphatic carbocycles. The van der Waals surface area contributed by atoms with E-state index in [4.69, 9.17) is 4.74 Å². The molecule has 0 aliphatic heterocycles. The number of nitrogens with one attached hydrogen (secondary N) is 1. The van der Waals surface area contributed by atoms with E-state index in [1.165, 1.54) is 6.07 Å². The van der Waals surface area contributed by atoms with Crippen molar-refractivity contribution >= 4 is 17.9 Å². The Morgan fingerprint density at radius 3 is 2.39 bits per heavy atom. The average molecular weight is 435 g/mol. The van der Waals surface area contributed by atoms with Gasteiger partial charge in [0.2, 0.25) is 11.8 Å². The van der Waals surface area contributed by atoms with Gasteiger partial charge in [0.15, 0.2) is 23.7 Å². The SMILES string of the molecule is CCOc1cc(C)c(Nc2nc(=O)c(F)cn2Cc2cc(F)c(F)c(F)c2)cc1C=O. The summed E-state index contributed by atoms with van der Waals surface area (Å²) in [5.41, 5.74) is 0.0386. The van der Waals surface area contributed by atoms with Crippen LogP contribution >= 0.6 is 0 Å². The predicted octanol–water partition coefficient (Wildman–Crippen LogP) is 4.11. The third-order valence-corrected chi connectivity index (χ3v) is 4.38. The summed E-state index contributed by atoms with van der Waals surface area (Å²) in [5.74, 6) is -5.42. The molecule has 0 spiro atoms. The molecule has 0 saturated carbocycles. The summed E-state index contributed by atoms with van der Waals surface area (Å²) in [6, 6.07) is 4.58. The number of carbonyl (C=O) groups is 1. The van der Waals surface area contributed by atoms with Crippen LogP contribution in [-0.4, -0.2) is 22.4 Å².